The summed E-state index contributed by atoms with van der Waals surface area (Å²) in [5.41, 5.74) is 2.25. The smallest absolute Gasteiger partial charge is 0.266 e. The highest BCUT2D eigenvalue weighted by Gasteiger charge is 2.37. The van der Waals surface area contributed by atoms with Gasteiger partial charge < -0.3 is 5.32 Å². The van der Waals surface area contributed by atoms with Crippen molar-refractivity contribution in [3.8, 4) is 0 Å². The van der Waals surface area contributed by atoms with E-state index in [0.29, 0.717) is 53.2 Å². The standard InChI is InChI=1S/C25H28ClN3O5S/c1-14(2)35(33,34)28-18-7-4-16(5-8-18)23(30)27-19-9-11-22(15(3)12-19)29-24(31)20-10-6-17(26)13-21(20)25(29)32/h6,9-14,16,18,28H,4-5,7-8H2,1-3H3,(H,27,30). The molecule has 35 heavy (non-hydrogen) atoms. The minimum absolute atomic E-state index is 0.127. The molecule has 0 aromatic heterocycles. The topological polar surface area (TPSA) is 113 Å². The minimum Gasteiger partial charge on any atom is -0.326 e. The number of aryl methyl sites for hydroxylation is 1. The van der Waals surface area contributed by atoms with E-state index >= 15 is 0 Å². The predicted octanol–water partition coefficient (Wildman–Crippen LogP) is 4.27. The van der Waals surface area contributed by atoms with Crippen LogP contribution >= 0.6 is 11.6 Å². The number of imide groups is 1. The summed E-state index contributed by atoms with van der Waals surface area (Å²) in [5.74, 6) is -1.18. The normalized spacial score (nSPS) is 20.3. The van der Waals surface area contributed by atoms with E-state index in [4.69, 9.17) is 11.6 Å². The van der Waals surface area contributed by atoms with Crippen molar-refractivity contribution < 1.29 is 22.8 Å². The minimum atomic E-state index is -3.34. The van der Waals surface area contributed by atoms with Crippen LogP contribution in [-0.4, -0.2) is 37.4 Å². The number of rotatable bonds is 6. The first-order valence-corrected chi connectivity index (χ1v) is 13.5. The molecule has 1 aliphatic heterocycles. The molecule has 0 bridgehead atoms. The first-order chi connectivity index (χ1) is 16.5. The predicted molar refractivity (Wildman–Crippen MR) is 135 cm³/mol. The number of nitrogens with zero attached hydrogens (tertiary/aromatic N) is 1. The SMILES string of the molecule is Cc1cc(NC(=O)C2CCC(NS(=O)(=O)C(C)C)CC2)ccc1N1C(=O)c2ccc(Cl)cc2C1=O. The maximum Gasteiger partial charge on any atom is 0.266 e. The van der Waals surface area contributed by atoms with Crippen LogP contribution in [0.25, 0.3) is 0 Å². The molecule has 0 radical (unpaired) electrons. The van der Waals surface area contributed by atoms with Crippen molar-refractivity contribution in [1.29, 1.82) is 0 Å². The Morgan fingerprint density at radius 1 is 1.00 bits per heavy atom. The molecule has 1 fully saturated rings. The highest BCUT2D eigenvalue weighted by molar-refractivity contribution is 7.90. The van der Waals surface area contributed by atoms with Crippen molar-refractivity contribution in [2.75, 3.05) is 10.2 Å². The largest absolute Gasteiger partial charge is 0.326 e. The number of anilines is 2. The van der Waals surface area contributed by atoms with Crippen LogP contribution in [0.2, 0.25) is 5.02 Å². The van der Waals surface area contributed by atoms with E-state index in [2.05, 4.69) is 10.0 Å². The second-order valence-corrected chi connectivity index (χ2v) is 12.1. The zero-order valence-corrected chi connectivity index (χ0v) is 21.4. The highest BCUT2D eigenvalue weighted by atomic mass is 35.5. The summed E-state index contributed by atoms with van der Waals surface area (Å²) in [6, 6.07) is 9.50. The molecule has 1 aliphatic carbocycles. The van der Waals surface area contributed by atoms with Crippen LogP contribution in [0, 0.1) is 12.8 Å². The number of hydrogen-bond donors (Lipinski definition) is 2. The number of carbonyl (C=O) groups is 3. The fourth-order valence-corrected chi connectivity index (χ4v) is 5.65. The van der Waals surface area contributed by atoms with E-state index in [1.54, 1.807) is 51.1 Å². The molecule has 0 unspecified atom stereocenters. The molecule has 186 valence electrons. The van der Waals surface area contributed by atoms with Crippen LogP contribution in [0.5, 0.6) is 0 Å². The zero-order chi connectivity index (χ0) is 25.5. The molecule has 2 N–H and O–H groups in total. The first kappa shape index (κ1) is 25.3. The van der Waals surface area contributed by atoms with Crippen molar-refractivity contribution in [2.45, 2.75) is 57.7 Å². The van der Waals surface area contributed by atoms with E-state index in [1.165, 1.54) is 6.07 Å². The van der Waals surface area contributed by atoms with Gasteiger partial charge in [-0.05, 0) is 88.4 Å². The number of sulfonamides is 1. The molecule has 10 heteroatoms. The van der Waals surface area contributed by atoms with E-state index in [9.17, 15) is 22.8 Å². The van der Waals surface area contributed by atoms with Crippen LogP contribution in [0.15, 0.2) is 36.4 Å². The third-order valence-electron chi connectivity index (χ3n) is 6.60. The lowest BCUT2D eigenvalue weighted by Gasteiger charge is -2.29. The Morgan fingerprint density at radius 2 is 1.66 bits per heavy atom. The summed E-state index contributed by atoms with van der Waals surface area (Å²) in [5, 5.41) is 2.80. The number of amides is 3. The monoisotopic (exact) mass is 517 g/mol. The van der Waals surface area contributed by atoms with Gasteiger partial charge in [0.2, 0.25) is 15.9 Å². The number of nitrogens with one attached hydrogen (secondary N) is 2. The van der Waals surface area contributed by atoms with Crippen LogP contribution < -0.4 is 14.9 Å². The number of benzene rings is 2. The Morgan fingerprint density at radius 3 is 2.29 bits per heavy atom. The summed E-state index contributed by atoms with van der Waals surface area (Å²) < 4.78 is 26.9. The van der Waals surface area contributed by atoms with Gasteiger partial charge in [0.1, 0.15) is 0 Å². The fraction of sp³-hybridized carbons (Fsp3) is 0.400. The van der Waals surface area contributed by atoms with E-state index in [-0.39, 0.29) is 23.4 Å². The Labute approximate surface area is 210 Å². The van der Waals surface area contributed by atoms with Gasteiger partial charge in [0.25, 0.3) is 11.8 Å². The summed E-state index contributed by atoms with van der Waals surface area (Å²) in [7, 11) is -3.34. The van der Waals surface area contributed by atoms with Gasteiger partial charge in [0, 0.05) is 22.7 Å². The van der Waals surface area contributed by atoms with Gasteiger partial charge in [0.15, 0.2) is 0 Å². The lowest BCUT2D eigenvalue weighted by molar-refractivity contribution is -0.120. The summed E-state index contributed by atoms with van der Waals surface area (Å²) in [6.45, 7) is 5.05. The maximum atomic E-state index is 12.9. The van der Waals surface area contributed by atoms with Crippen molar-refractivity contribution in [3.05, 3.63) is 58.1 Å². The fourth-order valence-electron chi connectivity index (χ4n) is 4.50. The molecule has 2 aliphatic rings. The molecule has 8 nitrogen and oxygen atoms in total. The Kier molecular flexibility index (Phi) is 7.04. The molecule has 0 spiro atoms. The number of halogens is 1. The number of carbonyl (C=O) groups excluding carboxylic acids is 3. The van der Waals surface area contributed by atoms with Gasteiger partial charge in [0.05, 0.1) is 22.1 Å². The molecule has 0 saturated heterocycles. The van der Waals surface area contributed by atoms with E-state index < -0.39 is 27.1 Å². The Balaban J connectivity index is 1.40. The second-order valence-electron chi connectivity index (χ2n) is 9.39. The lowest BCUT2D eigenvalue weighted by Crippen LogP contribution is -2.42. The van der Waals surface area contributed by atoms with Crippen LogP contribution in [-0.2, 0) is 14.8 Å². The van der Waals surface area contributed by atoms with E-state index in [1.807, 2.05) is 0 Å². The quantitative estimate of drug-likeness (QED) is 0.555. The van der Waals surface area contributed by atoms with Gasteiger partial charge in [-0.25, -0.2) is 18.0 Å². The molecular formula is C25H28ClN3O5S. The highest BCUT2D eigenvalue weighted by Crippen LogP contribution is 2.33. The molecule has 2 aromatic rings. The number of fused-ring (bicyclic) bond motifs is 1. The molecule has 1 saturated carbocycles. The van der Waals surface area contributed by atoms with Crippen molar-refractivity contribution in [3.63, 3.8) is 0 Å². The van der Waals surface area contributed by atoms with Crippen molar-refractivity contribution in [1.82, 2.24) is 4.72 Å². The van der Waals surface area contributed by atoms with Crippen molar-refractivity contribution in [2.24, 2.45) is 5.92 Å². The molecule has 1 heterocycles. The lowest BCUT2D eigenvalue weighted by atomic mass is 9.86. The van der Waals surface area contributed by atoms with Crippen LogP contribution in [0.3, 0.4) is 0 Å². The summed E-state index contributed by atoms with van der Waals surface area (Å²) in [6.07, 6.45) is 2.38. The summed E-state index contributed by atoms with van der Waals surface area (Å²) in [4.78, 5) is 39.7. The Bertz CT molecular complexity index is 1300. The molecular weight excluding hydrogens is 490 g/mol. The first-order valence-electron chi connectivity index (χ1n) is 11.6. The van der Waals surface area contributed by atoms with Gasteiger partial charge in [-0.3, -0.25) is 14.4 Å². The average molecular weight is 518 g/mol. The van der Waals surface area contributed by atoms with Crippen LogP contribution in [0.1, 0.15) is 65.8 Å². The molecule has 3 amide bonds. The number of hydrogen-bond acceptors (Lipinski definition) is 5. The van der Waals surface area contributed by atoms with Gasteiger partial charge >= 0.3 is 0 Å². The maximum absolute atomic E-state index is 12.9. The summed E-state index contributed by atoms with van der Waals surface area (Å²) >= 11 is 5.99. The van der Waals surface area contributed by atoms with Gasteiger partial charge in [-0.15, -0.1) is 0 Å². The average Bonchev–Trinajstić information content (AvgIpc) is 3.03. The third-order valence-corrected chi connectivity index (χ3v) is 8.74. The van der Waals surface area contributed by atoms with Gasteiger partial charge in [-0.2, -0.15) is 0 Å². The van der Waals surface area contributed by atoms with Crippen molar-refractivity contribution >= 4 is 50.7 Å². The zero-order valence-electron chi connectivity index (χ0n) is 19.8. The second kappa shape index (κ2) is 9.72. The molecule has 2 aromatic carbocycles. The van der Waals surface area contributed by atoms with E-state index in [0.717, 1.165) is 4.90 Å². The Hall–Kier alpha value is -2.75. The molecule has 4 rings (SSSR count). The molecule has 0 atom stereocenters. The third kappa shape index (κ3) is 5.12. The van der Waals surface area contributed by atoms with Gasteiger partial charge in [-0.1, -0.05) is 11.6 Å². The van der Waals surface area contributed by atoms with Crippen LogP contribution in [0.4, 0.5) is 11.4 Å².